The van der Waals surface area contributed by atoms with Crippen molar-refractivity contribution < 1.29 is 14.1 Å². The van der Waals surface area contributed by atoms with E-state index >= 15 is 0 Å². The molecule has 2 aliphatic heterocycles. The normalized spacial score (nSPS) is 28.9. The summed E-state index contributed by atoms with van der Waals surface area (Å²) in [6.07, 6.45) is 0. The Balaban J connectivity index is 1.71. The number of carbonyl (C=O) groups excluding carboxylic acids is 1. The predicted molar refractivity (Wildman–Crippen MR) is 104 cm³/mol. The topological polar surface area (TPSA) is 50.8 Å². The molecule has 1 amide bonds. The molecule has 2 saturated heterocycles. The highest BCUT2D eigenvalue weighted by Gasteiger charge is 2.57. The number of likely N-dealkylation sites (tertiary alicyclic amines) is 1. The minimum absolute atomic E-state index is 0.0199. The third-order valence-corrected chi connectivity index (χ3v) is 6.16. The molecule has 0 aromatic heterocycles. The van der Waals surface area contributed by atoms with Gasteiger partial charge in [-0.15, -0.1) is 0 Å². The van der Waals surface area contributed by atoms with Gasteiger partial charge in [-0.2, -0.15) is 0 Å². The molecule has 0 saturated carbocycles. The van der Waals surface area contributed by atoms with Gasteiger partial charge in [0, 0.05) is 18.9 Å². The summed E-state index contributed by atoms with van der Waals surface area (Å²) in [6.45, 7) is 11.8. The number of carbonyl (C=O) groups is 1. The second-order valence-corrected chi connectivity index (χ2v) is 8.76. The van der Waals surface area contributed by atoms with Crippen LogP contribution in [0.25, 0.3) is 0 Å². The molecule has 2 heterocycles. The molecule has 3 rings (SSSR count). The van der Waals surface area contributed by atoms with E-state index in [1.54, 1.807) is 0 Å². The van der Waals surface area contributed by atoms with E-state index in [9.17, 15) is 4.79 Å². The Morgan fingerprint density at radius 2 is 1.73 bits per heavy atom. The minimum atomic E-state index is -0.378. The highest BCUT2D eigenvalue weighted by molar-refractivity contribution is 6.48. The summed E-state index contributed by atoms with van der Waals surface area (Å²) in [7, 11) is 1.69. The van der Waals surface area contributed by atoms with Crippen molar-refractivity contribution in [1.82, 2.24) is 10.2 Å². The first-order valence-electron chi connectivity index (χ1n) is 9.50. The number of rotatable bonds is 4. The Labute approximate surface area is 157 Å². The van der Waals surface area contributed by atoms with Crippen LogP contribution in [0.3, 0.4) is 0 Å². The SMILES string of the molecule is CC(NC(=O)[C@H]1CN(C)C[C@@H]1B1OC(C)(C)C(C)(C)O1)c1ccccc1. The summed E-state index contributed by atoms with van der Waals surface area (Å²) in [5.74, 6) is -0.0321. The lowest BCUT2D eigenvalue weighted by atomic mass is 9.66. The Morgan fingerprint density at radius 3 is 2.31 bits per heavy atom. The quantitative estimate of drug-likeness (QED) is 0.841. The zero-order valence-corrected chi connectivity index (χ0v) is 16.8. The number of nitrogens with zero attached hydrogens (tertiary/aromatic N) is 1. The maximum absolute atomic E-state index is 13.0. The van der Waals surface area contributed by atoms with Crippen molar-refractivity contribution in [2.75, 3.05) is 20.1 Å². The molecule has 3 atom stereocenters. The minimum Gasteiger partial charge on any atom is -0.403 e. The fraction of sp³-hybridized carbons (Fsp3) is 0.650. The Kier molecular flexibility index (Phi) is 5.21. The van der Waals surface area contributed by atoms with Gasteiger partial charge in [-0.1, -0.05) is 30.3 Å². The molecule has 1 aromatic carbocycles. The van der Waals surface area contributed by atoms with Gasteiger partial charge >= 0.3 is 7.12 Å². The first-order chi connectivity index (χ1) is 12.1. The summed E-state index contributed by atoms with van der Waals surface area (Å²) in [5.41, 5.74) is 0.355. The molecule has 1 unspecified atom stereocenters. The van der Waals surface area contributed by atoms with Crippen molar-refractivity contribution in [1.29, 1.82) is 0 Å². The molecule has 26 heavy (non-hydrogen) atoms. The fourth-order valence-electron chi connectivity index (χ4n) is 3.79. The van der Waals surface area contributed by atoms with Gasteiger partial charge in [0.15, 0.2) is 0 Å². The standard InChI is InChI=1S/C20H31BN2O3/c1-14(15-10-8-7-9-11-15)22-18(24)16-12-23(6)13-17(16)21-25-19(2,3)20(4,5)26-21/h7-11,14,16-17H,12-13H2,1-6H3,(H,22,24)/t14?,16-,17-/m0/s1. The van der Waals surface area contributed by atoms with Gasteiger partial charge < -0.3 is 19.5 Å². The monoisotopic (exact) mass is 358 g/mol. The predicted octanol–water partition coefficient (Wildman–Crippen LogP) is 2.89. The summed E-state index contributed by atoms with van der Waals surface area (Å²) in [5, 5.41) is 3.18. The summed E-state index contributed by atoms with van der Waals surface area (Å²) >= 11 is 0. The second-order valence-electron chi connectivity index (χ2n) is 8.76. The maximum atomic E-state index is 13.0. The van der Waals surface area contributed by atoms with Crippen molar-refractivity contribution in [3.05, 3.63) is 35.9 Å². The molecule has 2 fully saturated rings. The summed E-state index contributed by atoms with van der Waals surface area (Å²) in [4.78, 5) is 15.2. The molecule has 0 spiro atoms. The number of hydrogen-bond acceptors (Lipinski definition) is 4. The largest absolute Gasteiger partial charge is 0.463 e. The first-order valence-corrected chi connectivity index (χ1v) is 9.50. The van der Waals surface area contributed by atoms with Crippen LogP contribution in [0.4, 0.5) is 0 Å². The second kappa shape index (κ2) is 6.99. The third kappa shape index (κ3) is 3.68. The lowest BCUT2D eigenvalue weighted by molar-refractivity contribution is -0.125. The molecule has 2 aliphatic rings. The van der Waals surface area contributed by atoms with E-state index in [1.165, 1.54) is 0 Å². The molecule has 1 N–H and O–H groups in total. The van der Waals surface area contributed by atoms with E-state index in [4.69, 9.17) is 9.31 Å². The van der Waals surface area contributed by atoms with E-state index in [0.717, 1.165) is 18.7 Å². The lowest BCUT2D eigenvalue weighted by Gasteiger charge is -2.32. The van der Waals surface area contributed by atoms with E-state index in [-0.39, 0.29) is 42.0 Å². The highest BCUT2D eigenvalue weighted by Crippen LogP contribution is 2.43. The van der Waals surface area contributed by atoms with Crippen LogP contribution in [-0.2, 0) is 14.1 Å². The third-order valence-electron chi connectivity index (χ3n) is 6.16. The number of nitrogens with one attached hydrogen (secondary N) is 1. The van der Waals surface area contributed by atoms with Gasteiger partial charge in [-0.3, -0.25) is 4.79 Å². The van der Waals surface area contributed by atoms with Crippen LogP contribution in [0, 0.1) is 5.92 Å². The molecular weight excluding hydrogens is 327 g/mol. The Morgan fingerprint density at radius 1 is 1.15 bits per heavy atom. The van der Waals surface area contributed by atoms with Gasteiger partial charge in [0.2, 0.25) is 5.91 Å². The van der Waals surface area contributed by atoms with Crippen molar-refractivity contribution in [2.24, 2.45) is 5.92 Å². The van der Waals surface area contributed by atoms with E-state index in [2.05, 4.69) is 37.9 Å². The molecule has 1 aromatic rings. The fourth-order valence-corrected chi connectivity index (χ4v) is 3.79. The smallest absolute Gasteiger partial charge is 0.403 e. The van der Waals surface area contributed by atoms with Crippen LogP contribution in [0.1, 0.15) is 46.2 Å². The molecule has 0 bridgehead atoms. The molecule has 0 aliphatic carbocycles. The summed E-state index contributed by atoms with van der Waals surface area (Å²) < 4.78 is 12.5. The number of amides is 1. The van der Waals surface area contributed by atoms with Gasteiger partial charge in [0.1, 0.15) is 0 Å². The van der Waals surface area contributed by atoms with Gasteiger partial charge in [0.05, 0.1) is 23.2 Å². The van der Waals surface area contributed by atoms with Crippen molar-refractivity contribution in [3.63, 3.8) is 0 Å². The number of benzene rings is 1. The zero-order valence-electron chi connectivity index (χ0n) is 16.8. The Hall–Kier alpha value is -1.37. The average molecular weight is 358 g/mol. The molecule has 6 heteroatoms. The van der Waals surface area contributed by atoms with Crippen molar-refractivity contribution in [2.45, 2.75) is 57.7 Å². The zero-order chi connectivity index (χ0) is 19.1. The van der Waals surface area contributed by atoms with Crippen LogP contribution in [-0.4, -0.2) is 49.3 Å². The van der Waals surface area contributed by atoms with E-state index < -0.39 is 0 Å². The van der Waals surface area contributed by atoms with Crippen LogP contribution >= 0.6 is 0 Å². The van der Waals surface area contributed by atoms with E-state index in [0.29, 0.717) is 0 Å². The molecule has 0 radical (unpaired) electrons. The highest BCUT2D eigenvalue weighted by atomic mass is 16.7. The van der Waals surface area contributed by atoms with Gasteiger partial charge in [-0.05, 0) is 47.2 Å². The Bertz CT molecular complexity index is 634. The van der Waals surface area contributed by atoms with E-state index in [1.807, 2.05) is 44.3 Å². The summed E-state index contributed by atoms with van der Waals surface area (Å²) in [6, 6.07) is 10.0. The van der Waals surface area contributed by atoms with Crippen LogP contribution in [0.15, 0.2) is 30.3 Å². The molecule has 5 nitrogen and oxygen atoms in total. The lowest BCUT2D eigenvalue weighted by Crippen LogP contribution is -2.41. The van der Waals surface area contributed by atoms with Crippen LogP contribution < -0.4 is 5.32 Å². The number of hydrogen-bond donors (Lipinski definition) is 1. The van der Waals surface area contributed by atoms with Crippen LogP contribution in [0.2, 0.25) is 5.82 Å². The van der Waals surface area contributed by atoms with Gasteiger partial charge in [-0.25, -0.2) is 0 Å². The molecule has 142 valence electrons. The maximum Gasteiger partial charge on any atom is 0.463 e. The van der Waals surface area contributed by atoms with Gasteiger partial charge in [0.25, 0.3) is 0 Å². The van der Waals surface area contributed by atoms with Crippen molar-refractivity contribution in [3.8, 4) is 0 Å². The van der Waals surface area contributed by atoms with Crippen LogP contribution in [0.5, 0.6) is 0 Å². The first kappa shape index (κ1) is 19.4. The average Bonchev–Trinajstić information content (AvgIpc) is 3.05. The molecular formula is C20H31BN2O3. The van der Waals surface area contributed by atoms with Crippen molar-refractivity contribution >= 4 is 13.0 Å².